The summed E-state index contributed by atoms with van der Waals surface area (Å²) in [5, 5.41) is 0.496. The molecule has 364 valence electrons. The van der Waals surface area contributed by atoms with Crippen LogP contribution in [0.3, 0.4) is 0 Å². The molecule has 7 rings (SSSR count). The highest BCUT2D eigenvalue weighted by atomic mass is 32.2. The van der Waals surface area contributed by atoms with Crippen molar-refractivity contribution in [1.82, 2.24) is 19.6 Å². The van der Waals surface area contributed by atoms with E-state index in [0.717, 1.165) is 13.8 Å². The number of benzene rings is 2. The molecule has 3 heterocycles. The lowest BCUT2D eigenvalue weighted by Crippen LogP contribution is -2.48. The molecule has 1 N–H and O–H groups in total. The Kier molecular flexibility index (Phi) is 13.8. The number of carbonyl (C=O) groups excluding carboxylic acids is 4. The van der Waals surface area contributed by atoms with Gasteiger partial charge in [-0.25, -0.2) is 13.4 Å². The van der Waals surface area contributed by atoms with Gasteiger partial charge in [0.15, 0.2) is 11.6 Å². The lowest BCUT2D eigenvalue weighted by molar-refractivity contribution is -0.257. The first-order valence-corrected chi connectivity index (χ1v) is 24.5. The zero-order valence-corrected chi connectivity index (χ0v) is 40.1. The first-order valence-electron chi connectivity index (χ1n) is 23.0. The molecule has 7 atom stereocenters. The minimum absolute atomic E-state index is 0.00992. The lowest BCUT2D eigenvalue weighted by atomic mass is 9.82. The van der Waals surface area contributed by atoms with Gasteiger partial charge in [0.25, 0.3) is 0 Å². The Morgan fingerprint density at radius 2 is 1.69 bits per heavy atom. The molecule has 2 aliphatic heterocycles. The van der Waals surface area contributed by atoms with Crippen LogP contribution < -0.4 is 18.9 Å². The van der Waals surface area contributed by atoms with Crippen LogP contribution in [0.2, 0.25) is 0 Å². The zero-order valence-electron chi connectivity index (χ0n) is 39.3. The average Bonchev–Trinajstić information content (AvgIpc) is 4.13. The van der Waals surface area contributed by atoms with Crippen LogP contribution in [0.1, 0.15) is 106 Å². The molecule has 0 bridgehead atoms. The number of ether oxygens (including phenoxy) is 4. The summed E-state index contributed by atoms with van der Waals surface area (Å²) >= 11 is 0. The molecule has 1 aromatic heterocycles. The number of nitrogens with one attached hydrogen (secondary N) is 1. The van der Waals surface area contributed by atoms with Crippen LogP contribution in [0.15, 0.2) is 54.6 Å². The van der Waals surface area contributed by atoms with E-state index in [9.17, 15) is 36.0 Å². The predicted molar refractivity (Wildman–Crippen MR) is 242 cm³/mol. The van der Waals surface area contributed by atoms with E-state index in [1.807, 2.05) is 32.9 Å². The average molecular weight is 955 g/mol. The van der Waals surface area contributed by atoms with E-state index in [1.165, 1.54) is 12.0 Å². The van der Waals surface area contributed by atoms with Crippen molar-refractivity contribution in [2.24, 2.45) is 29.1 Å². The third-order valence-corrected chi connectivity index (χ3v) is 16.0. The van der Waals surface area contributed by atoms with Gasteiger partial charge >= 0.3 is 12.1 Å². The molecule has 3 aromatic rings. The van der Waals surface area contributed by atoms with Gasteiger partial charge in [0.2, 0.25) is 33.3 Å². The predicted octanol–water partition coefficient (Wildman–Crippen LogP) is 8.31. The molecule has 0 radical (unpaired) electrons. The van der Waals surface area contributed by atoms with Crippen molar-refractivity contribution in [2.75, 3.05) is 13.7 Å². The van der Waals surface area contributed by atoms with E-state index < -0.39 is 98.3 Å². The van der Waals surface area contributed by atoms with Crippen molar-refractivity contribution in [3.05, 3.63) is 54.6 Å². The molecule has 2 aromatic carbocycles. The number of alkyl halides is 3. The molecule has 14 nitrogen and oxygen atoms in total. The molecule has 0 unspecified atom stereocenters. The van der Waals surface area contributed by atoms with Gasteiger partial charge < -0.3 is 23.8 Å². The fourth-order valence-corrected chi connectivity index (χ4v) is 10.5. The number of nitrogens with zero attached hydrogens (tertiary/aromatic N) is 3. The number of hydrogen-bond acceptors (Lipinski definition) is 12. The number of carbonyl (C=O) groups is 4. The van der Waals surface area contributed by atoms with E-state index in [1.54, 1.807) is 56.3 Å². The van der Waals surface area contributed by atoms with Gasteiger partial charge in [-0.1, -0.05) is 26.0 Å². The molecule has 0 spiro atoms. The second-order valence-electron chi connectivity index (χ2n) is 20.0. The third-order valence-electron chi connectivity index (χ3n) is 13.9. The van der Waals surface area contributed by atoms with Crippen molar-refractivity contribution in [2.45, 2.75) is 141 Å². The fraction of sp³-hybridized carbons (Fsp3) is 0.592. The second-order valence-corrected chi connectivity index (χ2v) is 22.2. The number of amides is 2. The number of aromatic nitrogens is 2. The maximum atomic E-state index is 15.1. The molecular formula is C49H61F3N4O10S. The number of fused-ring (bicyclic) bond motifs is 3. The van der Waals surface area contributed by atoms with E-state index in [0.29, 0.717) is 65.9 Å². The van der Waals surface area contributed by atoms with Crippen LogP contribution in [-0.2, 0) is 33.9 Å². The molecular weight excluding hydrogens is 894 g/mol. The topological polar surface area (TPSA) is 180 Å². The van der Waals surface area contributed by atoms with Crippen LogP contribution in [0, 0.1) is 29.1 Å². The number of halogens is 3. The minimum Gasteiger partial charge on any atom is -0.497 e. The van der Waals surface area contributed by atoms with Gasteiger partial charge in [0.05, 0.1) is 59.2 Å². The number of methoxy groups -OCH3 is 1. The van der Waals surface area contributed by atoms with Crippen LogP contribution in [0.25, 0.3) is 22.3 Å². The van der Waals surface area contributed by atoms with Crippen molar-refractivity contribution < 1.29 is 59.7 Å². The maximum Gasteiger partial charge on any atom is 0.427 e. The summed E-state index contributed by atoms with van der Waals surface area (Å²) in [6.07, 6.45) is -0.630. The summed E-state index contributed by atoms with van der Waals surface area (Å²) in [5.41, 5.74) is -3.15. The molecule has 1 saturated heterocycles. The first-order chi connectivity index (χ1) is 31.3. The number of esters is 1. The van der Waals surface area contributed by atoms with Crippen LogP contribution in [0.4, 0.5) is 13.2 Å². The van der Waals surface area contributed by atoms with E-state index in [4.69, 9.17) is 28.9 Å². The third kappa shape index (κ3) is 10.7. The van der Waals surface area contributed by atoms with E-state index in [2.05, 4.69) is 4.72 Å². The quantitative estimate of drug-likeness (QED) is 0.136. The normalized spacial score (nSPS) is 27.3. The monoisotopic (exact) mass is 954 g/mol. The Morgan fingerprint density at radius 1 is 1.00 bits per heavy atom. The van der Waals surface area contributed by atoms with E-state index >= 15 is 4.79 Å². The van der Waals surface area contributed by atoms with Gasteiger partial charge in [0, 0.05) is 24.5 Å². The Morgan fingerprint density at radius 3 is 2.33 bits per heavy atom. The summed E-state index contributed by atoms with van der Waals surface area (Å²) < 4.78 is 92.6. The SMILES string of the molecule is COc1ccc2c(O[C@@H]3C[C@H]4C(=O)C[C@]5(C(=O)NS(=O)(=O)C6(C)CC6)C[C@H]5/C=C\CC[C@@H](C)C[C@@H](C)[C@H](CC(=O)OC(C)(C)C(F)(F)F)C(=O)N4C3)nc(-c3ccc(OC(C)C)cc3)nc2c1. The Hall–Kier alpha value is -5.26. The Bertz CT molecular complexity index is 2530. The summed E-state index contributed by atoms with van der Waals surface area (Å²) in [5.74, 6) is -3.82. The number of hydrogen-bond donors (Lipinski definition) is 1. The lowest BCUT2D eigenvalue weighted by Gasteiger charge is -2.33. The van der Waals surface area contributed by atoms with Crippen molar-refractivity contribution in [3.63, 3.8) is 0 Å². The fourth-order valence-electron chi connectivity index (χ4n) is 9.19. The zero-order chi connectivity index (χ0) is 48.9. The maximum absolute atomic E-state index is 15.1. The van der Waals surface area contributed by atoms with Crippen LogP contribution in [0.5, 0.6) is 17.4 Å². The van der Waals surface area contributed by atoms with Crippen LogP contribution >= 0.6 is 0 Å². The smallest absolute Gasteiger partial charge is 0.427 e. The molecule has 18 heteroatoms. The van der Waals surface area contributed by atoms with Gasteiger partial charge in [-0.2, -0.15) is 18.2 Å². The second kappa shape index (κ2) is 18.7. The standard InChI is InChI=1S/C49H61F3N4O10S/c1-28(2)64-33-15-13-31(14-16-33)42-53-38-22-34(63-8)17-18-36(38)43(54-42)65-35-23-39-40(57)26-48(45(60)55-67(61,62)47(7)19-20-47)25-32(48)12-10-9-11-29(3)21-30(4)37(44(59)56(39)27-35)24-41(58)66-46(5,6)49(50,51)52/h10,12-18,22,28-30,32,35,37,39H,9,11,19-21,23-27H2,1-8H3,(H,55,60)/b12-10-/t29-,30-,32-,35-,37+,39+,48-/m1/s1. The first kappa shape index (κ1) is 49.6. The summed E-state index contributed by atoms with van der Waals surface area (Å²) in [6.45, 7) is 10.4. The number of Topliss-reactive ketones (excluding diaryl/α,β-unsaturated/α-hetero) is 1. The Balaban J connectivity index is 1.26. The highest BCUT2D eigenvalue weighted by Gasteiger charge is 2.63. The molecule has 3 fully saturated rings. The number of ketones is 1. The summed E-state index contributed by atoms with van der Waals surface area (Å²) in [6, 6.07) is 11.1. The number of rotatable bonds is 12. The van der Waals surface area contributed by atoms with Gasteiger partial charge in [-0.15, -0.1) is 0 Å². The number of sulfonamides is 1. The largest absolute Gasteiger partial charge is 0.497 e. The highest BCUT2D eigenvalue weighted by molar-refractivity contribution is 7.91. The van der Waals surface area contributed by atoms with E-state index in [-0.39, 0.29) is 37.3 Å². The van der Waals surface area contributed by atoms with Gasteiger partial charge in [-0.3, -0.25) is 23.9 Å². The molecule has 2 amide bonds. The molecule has 67 heavy (non-hydrogen) atoms. The van der Waals surface area contributed by atoms with Crippen molar-refractivity contribution >= 4 is 44.5 Å². The van der Waals surface area contributed by atoms with Crippen LogP contribution in [-0.4, -0.2) is 95.3 Å². The molecule has 4 aliphatic rings. The van der Waals surface area contributed by atoms with Gasteiger partial charge in [0.1, 0.15) is 17.6 Å². The molecule has 2 saturated carbocycles. The highest BCUT2D eigenvalue weighted by Crippen LogP contribution is 2.58. The van der Waals surface area contributed by atoms with Gasteiger partial charge in [-0.05, 0) is 127 Å². The van der Waals surface area contributed by atoms with Crippen molar-refractivity contribution in [1.29, 1.82) is 0 Å². The molecule has 2 aliphatic carbocycles. The number of allylic oxidation sites excluding steroid dienone is 2. The minimum atomic E-state index is -4.89. The summed E-state index contributed by atoms with van der Waals surface area (Å²) in [4.78, 5) is 68.6. The van der Waals surface area contributed by atoms with Crippen molar-refractivity contribution in [3.8, 4) is 28.8 Å². The Labute approximate surface area is 389 Å². The summed E-state index contributed by atoms with van der Waals surface area (Å²) in [7, 11) is -2.55.